The average Bonchev–Trinajstić information content (AvgIpc) is 3.22. The summed E-state index contributed by atoms with van der Waals surface area (Å²) in [6.45, 7) is 7.30. The van der Waals surface area contributed by atoms with Crippen LogP contribution in [0.1, 0.15) is 27.7 Å². The van der Waals surface area contributed by atoms with E-state index >= 15 is 0 Å². The van der Waals surface area contributed by atoms with Crippen LogP contribution in [0.25, 0.3) is 42.3 Å². The Hall–Kier alpha value is -2.73. The predicted octanol–water partition coefficient (Wildman–Crippen LogP) is 6.08. The molecule has 0 aliphatic heterocycles. The smallest absolute Gasteiger partial charge is 0.330 e. The third-order valence-corrected chi connectivity index (χ3v) is 7.43. The standard InChI is InChI=1S/C27H25BNO2S/c1-26(2,30)27(3,4)31-28-20-13-14-21-19(16-20)11-10-17-12-15-22-24(23(17)21)29-25(32-22)18-8-6-5-7-9-18/h5-16,30H,1-4H3. The molecule has 0 atom stereocenters. The monoisotopic (exact) mass is 438 g/mol. The Bertz CT molecular complexity index is 1430. The molecular formula is C27H25BNO2S. The molecule has 5 aromatic rings. The molecule has 0 aliphatic carbocycles. The predicted molar refractivity (Wildman–Crippen MR) is 137 cm³/mol. The molecule has 159 valence electrons. The van der Waals surface area contributed by atoms with E-state index in [-0.39, 0.29) is 0 Å². The first-order chi connectivity index (χ1) is 15.2. The van der Waals surface area contributed by atoms with Crippen molar-refractivity contribution in [1.82, 2.24) is 4.98 Å². The van der Waals surface area contributed by atoms with Crippen molar-refractivity contribution in [2.45, 2.75) is 38.9 Å². The number of aliphatic hydroxyl groups is 1. The summed E-state index contributed by atoms with van der Waals surface area (Å²) in [5.41, 5.74) is 1.50. The first-order valence-electron chi connectivity index (χ1n) is 10.8. The first kappa shape index (κ1) is 21.1. The molecule has 1 N–H and O–H groups in total. The molecule has 0 saturated carbocycles. The van der Waals surface area contributed by atoms with Crippen LogP contribution in [0.2, 0.25) is 0 Å². The topological polar surface area (TPSA) is 42.4 Å². The van der Waals surface area contributed by atoms with Gasteiger partial charge < -0.3 is 9.76 Å². The molecule has 1 heterocycles. The third kappa shape index (κ3) is 3.71. The zero-order valence-electron chi connectivity index (χ0n) is 18.7. The SMILES string of the molecule is CC(C)(O)C(C)(C)O[B]c1ccc2c(ccc3ccc4sc(-c5ccccc5)nc4c32)c1. The van der Waals surface area contributed by atoms with Crippen LogP contribution in [-0.2, 0) is 4.65 Å². The number of aromatic nitrogens is 1. The van der Waals surface area contributed by atoms with Crippen molar-refractivity contribution in [2.24, 2.45) is 0 Å². The molecule has 1 radical (unpaired) electrons. The van der Waals surface area contributed by atoms with Gasteiger partial charge >= 0.3 is 7.48 Å². The minimum Gasteiger partial charge on any atom is -0.427 e. The van der Waals surface area contributed by atoms with E-state index in [1.807, 2.05) is 32.0 Å². The molecule has 0 saturated heterocycles. The molecule has 0 fully saturated rings. The number of benzene rings is 4. The Labute approximate surface area is 193 Å². The number of hydrogen-bond acceptors (Lipinski definition) is 4. The maximum absolute atomic E-state index is 10.3. The highest BCUT2D eigenvalue weighted by Gasteiger charge is 2.35. The fraction of sp³-hybridized carbons (Fsp3) is 0.222. The van der Waals surface area contributed by atoms with Gasteiger partial charge in [0.1, 0.15) is 5.01 Å². The van der Waals surface area contributed by atoms with Gasteiger partial charge in [-0.2, -0.15) is 0 Å². The van der Waals surface area contributed by atoms with E-state index in [0.717, 1.165) is 26.9 Å². The third-order valence-electron chi connectivity index (χ3n) is 6.36. The Morgan fingerprint density at radius 3 is 2.34 bits per heavy atom. The summed E-state index contributed by atoms with van der Waals surface area (Å²) in [6, 6.07) is 25.3. The maximum Gasteiger partial charge on any atom is 0.330 e. The Morgan fingerprint density at radius 1 is 0.875 bits per heavy atom. The fourth-order valence-corrected chi connectivity index (χ4v) is 4.67. The number of fused-ring (bicyclic) bond motifs is 5. The fourth-order valence-electron chi connectivity index (χ4n) is 3.69. The van der Waals surface area contributed by atoms with Crippen LogP contribution in [-0.4, -0.2) is 28.8 Å². The van der Waals surface area contributed by atoms with Crippen molar-refractivity contribution in [3.05, 3.63) is 72.8 Å². The number of nitrogens with zero attached hydrogens (tertiary/aromatic N) is 1. The summed E-state index contributed by atoms with van der Waals surface area (Å²) in [4.78, 5) is 5.04. The minimum atomic E-state index is -0.955. The summed E-state index contributed by atoms with van der Waals surface area (Å²) in [6.07, 6.45) is 0. The number of thiazole rings is 1. The average molecular weight is 438 g/mol. The molecule has 0 bridgehead atoms. The second-order valence-electron chi connectivity index (χ2n) is 9.25. The second kappa shape index (κ2) is 7.70. The molecule has 5 heteroatoms. The molecule has 32 heavy (non-hydrogen) atoms. The van der Waals surface area contributed by atoms with Crippen LogP contribution in [0.3, 0.4) is 0 Å². The van der Waals surface area contributed by atoms with E-state index in [9.17, 15) is 5.11 Å². The van der Waals surface area contributed by atoms with Gasteiger partial charge in [-0.3, -0.25) is 0 Å². The molecule has 0 spiro atoms. The molecule has 1 aromatic heterocycles. The molecule has 4 aromatic carbocycles. The van der Waals surface area contributed by atoms with E-state index in [2.05, 4.69) is 54.6 Å². The lowest BCUT2D eigenvalue weighted by molar-refractivity contribution is -0.0893. The van der Waals surface area contributed by atoms with E-state index in [1.54, 1.807) is 32.7 Å². The number of hydrogen-bond donors (Lipinski definition) is 1. The molecule has 0 aliphatic rings. The lowest BCUT2D eigenvalue weighted by atomic mass is 9.81. The van der Waals surface area contributed by atoms with Crippen LogP contribution in [0.4, 0.5) is 0 Å². The van der Waals surface area contributed by atoms with Gasteiger partial charge in [0.25, 0.3) is 0 Å². The lowest BCUT2D eigenvalue weighted by Gasteiger charge is -2.37. The molecule has 0 unspecified atom stereocenters. The molecule has 5 rings (SSSR count). The van der Waals surface area contributed by atoms with Crippen molar-refractivity contribution in [3.8, 4) is 10.6 Å². The van der Waals surface area contributed by atoms with Gasteiger partial charge in [0.05, 0.1) is 21.4 Å². The van der Waals surface area contributed by atoms with Gasteiger partial charge in [-0.05, 0) is 49.9 Å². The summed E-state index contributed by atoms with van der Waals surface area (Å²) in [7, 11) is 1.73. The highest BCUT2D eigenvalue weighted by molar-refractivity contribution is 7.21. The second-order valence-corrected chi connectivity index (χ2v) is 10.3. The van der Waals surface area contributed by atoms with Crippen LogP contribution >= 0.6 is 11.3 Å². The van der Waals surface area contributed by atoms with Crippen molar-refractivity contribution >= 4 is 56.0 Å². The molecular weight excluding hydrogens is 413 g/mol. The summed E-state index contributed by atoms with van der Waals surface area (Å²) in [5, 5.41) is 16.1. The van der Waals surface area contributed by atoms with Crippen molar-refractivity contribution in [3.63, 3.8) is 0 Å². The Balaban J connectivity index is 1.58. The highest BCUT2D eigenvalue weighted by atomic mass is 32.1. The van der Waals surface area contributed by atoms with Crippen LogP contribution < -0.4 is 5.46 Å². The van der Waals surface area contributed by atoms with Gasteiger partial charge in [-0.1, -0.05) is 72.2 Å². The normalized spacial score (nSPS) is 12.7. The highest BCUT2D eigenvalue weighted by Crippen LogP contribution is 2.37. The van der Waals surface area contributed by atoms with Gasteiger partial charge in [-0.15, -0.1) is 11.3 Å². The quantitative estimate of drug-likeness (QED) is 0.267. The van der Waals surface area contributed by atoms with E-state index in [0.29, 0.717) is 0 Å². The zero-order chi connectivity index (χ0) is 22.5. The molecule has 3 nitrogen and oxygen atoms in total. The van der Waals surface area contributed by atoms with E-state index < -0.39 is 11.2 Å². The van der Waals surface area contributed by atoms with Gasteiger partial charge in [0, 0.05) is 10.9 Å². The maximum atomic E-state index is 10.3. The van der Waals surface area contributed by atoms with Gasteiger partial charge in [-0.25, -0.2) is 4.98 Å². The van der Waals surface area contributed by atoms with Crippen molar-refractivity contribution in [2.75, 3.05) is 0 Å². The number of rotatable bonds is 5. The zero-order valence-corrected chi connectivity index (χ0v) is 19.5. The van der Waals surface area contributed by atoms with Gasteiger partial charge in [0.2, 0.25) is 0 Å². The van der Waals surface area contributed by atoms with Crippen molar-refractivity contribution in [1.29, 1.82) is 0 Å². The van der Waals surface area contributed by atoms with Crippen molar-refractivity contribution < 1.29 is 9.76 Å². The minimum absolute atomic E-state index is 0.702. The van der Waals surface area contributed by atoms with Crippen LogP contribution in [0, 0.1) is 0 Å². The Kier molecular flexibility index (Phi) is 5.08. The van der Waals surface area contributed by atoms with Crippen LogP contribution in [0.15, 0.2) is 72.8 Å². The van der Waals surface area contributed by atoms with E-state index in [1.165, 1.54) is 20.9 Å². The van der Waals surface area contributed by atoms with Gasteiger partial charge in [0.15, 0.2) is 0 Å². The van der Waals surface area contributed by atoms with Crippen LogP contribution in [0.5, 0.6) is 0 Å². The summed E-state index contributed by atoms with van der Waals surface area (Å²) >= 11 is 1.73. The summed E-state index contributed by atoms with van der Waals surface area (Å²) in [5.74, 6) is 0. The lowest BCUT2D eigenvalue weighted by Crippen LogP contribution is -2.49. The first-order valence-corrected chi connectivity index (χ1v) is 11.6. The summed E-state index contributed by atoms with van der Waals surface area (Å²) < 4.78 is 7.14. The molecule has 0 amide bonds. The largest absolute Gasteiger partial charge is 0.427 e. The Morgan fingerprint density at radius 2 is 1.59 bits per heavy atom. The van der Waals surface area contributed by atoms with E-state index in [4.69, 9.17) is 9.64 Å².